The SMILES string of the molecule is CCNc1nc(C)c(C(=O)Nc2ccc(Cl)c(-c3nccc4ccccc34)c2)s1.Cc1nc(-c2cccnc2)sc1C(=O)NC1=CCC(Cl)C(c2nccc3ccccc23)=C1.Cc1nc(C)c(C(=O)Nc2ccc(Cl)c(-c3nccc4ccccc34)c2)s1.O=C(Nc1ccc(Cl)c(-c2nccc3ccccc23)c1)c1cc(-c2ccccc2)no1.O=C(Nc1ccc(Cl)c(-c2nccc3ccccc23)c1)c1cnc(C2C=CC=CN2)s1. The fourth-order valence-corrected chi connectivity index (χ4v) is 21.4. The lowest BCUT2D eigenvalue weighted by molar-refractivity contribution is 0.0966. The van der Waals surface area contributed by atoms with Crippen molar-refractivity contribution >= 4 is 220 Å². The Labute approximate surface area is 902 Å². The summed E-state index contributed by atoms with van der Waals surface area (Å²) >= 11 is 38.0. The van der Waals surface area contributed by atoms with Crippen molar-refractivity contribution in [2.45, 2.75) is 52.5 Å². The third kappa shape index (κ3) is 23.8. The van der Waals surface area contributed by atoms with Crippen molar-refractivity contribution in [3.63, 3.8) is 0 Å². The van der Waals surface area contributed by atoms with Crippen LogP contribution in [0, 0.1) is 27.7 Å². The summed E-state index contributed by atoms with van der Waals surface area (Å²) in [5, 5.41) is 40.8. The number of allylic oxidation sites excluding steroid dienone is 5. The number of benzene rings is 10. The first kappa shape index (κ1) is 102. The van der Waals surface area contributed by atoms with Gasteiger partial charge in [-0.1, -0.05) is 233 Å². The van der Waals surface area contributed by atoms with Crippen LogP contribution >= 0.6 is 103 Å². The van der Waals surface area contributed by atoms with Gasteiger partial charge in [0.2, 0.25) is 5.76 Å². The second kappa shape index (κ2) is 47.1. The highest BCUT2D eigenvalue weighted by Gasteiger charge is 2.27. The second-order valence-corrected chi connectivity index (χ2v) is 40.5. The van der Waals surface area contributed by atoms with E-state index in [1.165, 1.54) is 45.3 Å². The first-order valence-electron chi connectivity index (χ1n) is 47.2. The zero-order valence-electron chi connectivity index (χ0n) is 80.5. The monoisotopic (exact) mass is 2140 g/mol. The van der Waals surface area contributed by atoms with E-state index >= 15 is 0 Å². The normalized spacial score (nSPS) is 12.8. The lowest BCUT2D eigenvalue weighted by Crippen LogP contribution is -2.24. The summed E-state index contributed by atoms with van der Waals surface area (Å²) in [5.41, 5.74) is 15.7. The average molecular weight is 2150 g/mol. The van der Waals surface area contributed by atoms with E-state index in [-0.39, 0.29) is 40.8 Å². The molecule has 0 radical (unpaired) electrons. The molecule has 7 N–H and O–H groups in total. The Hall–Kier alpha value is -16.5. The van der Waals surface area contributed by atoms with Crippen LogP contribution in [0.15, 0.2) is 369 Å². The molecular weight excluding hydrogens is 2060 g/mol. The summed E-state index contributed by atoms with van der Waals surface area (Å²) in [7, 11) is 0. The van der Waals surface area contributed by atoms with E-state index in [1.807, 2.05) is 284 Å². The van der Waals surface area contributed by atoms with E-state index in [0.717, 1.165) is 154 Å². The highest BCUT2D eigenvalue weighted by atomic mass is 35.5. The molecule has 23 rings (SSSR count). The van der Waals surface area contributed by atoms with Crippen LogP contribution in [0.4, 0.5) is 27.9 Å². The van der Waals surface area contributed by atoms with Gasteiger partial charge in [0.25, 0.3) is 29.5 Å². The summed E-state index contributed by atoms with van der Waals surface area (Å²) in [6.07, 6.45) is 26.1. The molecule has 0 saturated heterocycles. The molecule has 33 heteroatoms. The number of carbonyl (C=O) groups is 5. The van der Waals surface area contributed by atoms with E-state index in [4.69, 9.17) is 62.5 Å². The molecule has 150 heavy (non-hydrogen) atoms. The van der Waals surface area contributed by atoms with E-state index in [0.29, 0.717) is 91.5 Å². The standard InChI is InChI=1S/C25H19ClN4OS.C25H16ClN3O2.C24H17ClN4OS.C22H19ClN4OS.C21H16ClN3OS/c1-15-23(32-25(29-15)17-6-4-11-27-14-17)24(31)30-18-8-9-21(26)20(13-18)22-19-7-3-2-5-16(19)10-12-28-22;26-21-11-10-18(14-20(21)24-19-9-5-4-6-16(19)12-13-27-24)28-25(30)23-15-22(29-31-23)17-7-2-1-3-8-17;25-19-9-8-16(13-18(19)22-17-6-2-1-5-15(17)10-12-27-22)29-23(30)21-14-28-24(31-21)20-7-3-4-11-26-20;1-3-24-22-26-13(2)20(29-22)21(28)27-15-8-9-18(23)17(12-15)19-16-7-5-4-6-14(16)10-11-25-19;1-12-20(27-13(2)24-12)21(26)25-15-7-8-18(22)17(11-15)19-16-6-4-3-5-14(16)9-10-23-19/h2-8,10-14,21H,9H2,1H3,(H,30,31);1-15H,(H,28,30);1-14,20,26H,(H,29,30);4-12H,3H2,1-2H3,(H,24,26)(H,27,28);3-11H,1-2H3,(H,25,26). The van der Waals surface area contributed by atoms with Crippen LogP contribution in [0.3, 0.4) is 0 Å². The number of amides is 5. The van der Waals surface area contributed by atoms with Crippen LogP contribution in [0.5, 0.6) is 0 Å². The molecule has 10 aromatic carbocycles. The number of alkyl halides is 1. The molecule has 12 heterocycles. The lowest BCUT2D eigenvalue weighted by Gasteiger charge is -2.20. The molecule has 24 nitrogen and oxygen atoms in total. The van der Waals surface area contributed by atoms with Gasteiger partial charge in [-0.05, 0) is 207 Å². The smallest absolute Gasteiger partial charge is 0.294 e. The molecule has 21 aromatic rings. The highest BCUT2D eigenvalue weighted by molar-refractivity contribution is 7.18. The molecule has 0 spiro atoms. The van der Waals surface area contributed by atoms with Crippen molar-refractivity contribution < 1.29 is 28.5 Å². The summed E-state index contributed by atoms with van der Waals surface area (Å²) in [5.74, 6) is -1.03. The Morgan fingerprint density at radius 1 is 0.407 bits per heavy atom. The Bertz CT molecular complexity index is 8810. The number of thiazole rings is 4. The van der Waals surface area contributed by atoms with Crippen LogP contribution in [0.25, 0.3) is 126 Å². The van der Waals surface area contributed by atoms with Crippen LogP contribution < -0.4 is 37.2 Å². The van der Waals surface area contributed by atoms with Crippen molar-refractivity contribution in [3.8, 4) is 66.9 Å². The van der Waals surface area contributed by atoms with Gasteiger partial charge in [0, 0.05) is 145 Å². The fraction of sp³-hybridized carbons (Fsp3) is 0.0769. The second-order valence-electron chi connectivity index (χ2n) is 34.1. The number of nitrogens with one attached hydrogen (secondary N) is 7. The zero-order chi connectivity index (χ0) is 104. The van der Waals surface area contributed by atoms with Crippen LogP contribution in [-0.4, -0.2) is 96.5 Å². The van der Waals surface area contributed by atoms with Gasteiger partial charge in [0.05, 0.1) is 88.3 Å². The summed E-state index contributed by atoms with van der Waals surface area (Å²) in [6, 6.07) is 86.4. The number of aromatic nitrogens is 11. The van der Waals surface area contributed by atoms with Crippen molar-refractivity contribution in [1.29, 1.82) is 0 Å². The van der Waals surface area contributed by atoms with Gasteiger partial charge in [0.15, 0.2) is 5.13 Å². The average Bonchev–Trinajstić information content (AvgIpc) is 1.26. The Morgan fingerprint density at radius 2 is 0.833 bits per heavy atom. The van der Waals surface area contributed by atoms with Gasteiger partial charge < -0.3 is 41.7 Å². The largest absolute Gasteiger partial charge is 0.379 e. The number of anilines is 5. The van der Waals surface area contributed by atoms with Gasteiger partial charge in [0.1, 0.15) is 35.2 Å². The molecule has 740 valence electrons. The van der Waals surface area contributed by atoms with Crippen molar-refractivity contribution in [2.75, 3.05) is 33.1 Å². The van der Waals surface area contributed by atoms with Gasteiger partial charge >= 0.3 is 0 Å². The van der Waals surface area contributed by atoms with Crippen LogP contribution in [0.1, 0.15) is 101 Å². The molecule has 1 aliphatic carbocycles. The highest BCUT2D eigenvalue weighted by Crippen LogP contribution is 2.42. The minimum absolute atomic E-state index is 0.0175. The first-order valence-corrected chi connectivity index (χ1v) is 52.4. The minimum atomic E-state index is -0.395. The summed E-state index contributed by atoms with van der Waals surface area (Å²) in [6.45, 7) is 10.2. The maximum absolute atomic E-state index is 13.0. The van der Waals surface area contributed by atoms with Gasteiger partial charge in [-0.15, -0.1) is 45.6 Å². The van der Waals surface area contributed by atoms with E-state index in [9.17, 15) is 24.0 Å². The number of fused-ring (bicyclic) bond motifs is 5. The number of dihydropyridines is 1. The van der Waals surface area contributed by atoms with Gasteiger partial charge in [-0.2, -0.15) is 0 Å². The third-order valence-corrected chi connectivity index (χ3v) is 30.2. The molecule has 11 aromatic heterocycles. The molecular formula is C117H87Cl5N18O6S4. The van der Waals surface area contributed by atoms with Crippen LogP contribution in [-0.2, 0) is 0 Å². The number of nitrogens with zero attached hydrogens (tertiary/aromatic N) is 11. The minimum Gasteiger partial charge on any atom is -0.379 e. The number of carbonyl (C=O) groups excluding carboxylic acids is 5. The quantitative estimate of drug-likeness (QED) is 0.0349. The first-order chi connectivity index (χ1) is 73.1. The zero-order valence-corrected chi connectivity index (χ0v) is 87.6. The number of halogens is 5. The molecule has 0 saturated carbocycles. The number of aryl methyl sites for hydroxylation is 4. The van der Waals surface area contributed by atoms with E-state index in [1.54, 1.807) is 104 Å². The molecule has 1 aliphatic heterocycles. The molecule has 0 fully saturated rings. The van der Waals surface area contributed by atoms with Crippen molar-refractivity contribution in [1.82, 2.24) is 65.6 Å². The predicted octanol–water partition coefficient (Wildman–Crippen LogP) is 30.1. The molecule has 2 unspecified atom stereocenters. The van der Waals surface area contributed by atoms with Crippen molar-refractivity contribution in [3.05, 3.63) is 443 Å². The van der Waals surface area contributed by atoms with Crippen LogP contribution in [0.2, 0.25) is 20.1 Å². The predicted molar refractivity (Wildman–Crippen MR) is 611 cm³/mol. The third-order valence-electron chi connectivity index (χ3n) is 24.0. The Kier molecular flexibility index (Phi) is 32.1. The molecule has 5 amide bonds. The van der Waals surface area contributed by atoms with Crippen molar-refractivity contribution in [2.24, 2.45) is 0 Å². The van der Waals surface area contributed by atoms with Gasteiger partial charge in [-0.3, -0.25) is 53.9 Å². The lowest BCUT2D eigenvalue weighted by atomic mass is 9.95. The molecule has 2 aliphatic rings. The Morgan fingerprint density at radius 3 is 1.29 bits per heavy atom. The molecule has 2 atom stereocenters. The Balaban J connectivity index is 0.000000118. The number of pyridine rings is 6. The van der Waals surface area contributed by atoms with E-state index in [2.05, 4.69) is 98.3 Å². The molecule has 0 bridgehead atoms. The maximum atomic E-state index is 13.0. The van der Waals surface area contributed by atoms with Gasteiger partial charge in [-0.25, -0.2) is 19.9 Å². The summed E-state index contributed by atoms with van der Waals surface area (Å²) < 4.78 is 5.25. The number of rotatable bonds is 20. The van der Waals surface area contributed by atoms with E-state index < -0.39 is 5.91 Å². The topological polar surface area (TPSA) is 324 Å². The summed E-state index contributed by atoms with van der Waals surface area (Å²) in [4.78, 5) is 111. The maximum Gasteiger partial charge on any atom is 0.294 e. The fourth-order valence-electron chi connectivity index (χ4n) is 16.8. The number of hydrogen-bond acceptors (Lipinski definition) is 23. The number of hydrogen-bond donors (Lipinski definition) is 7.